The number of aryl methyl sites for hydroxylation is 1. The molecule has 0 saturated heterocycles. The summed E-state index contributed by atoms with van der Waals surface area (Å²) in [4.78, 5) is 12.0. The average Bonchev–Trinajstić information content (AvgIpc) is 3.05. The Hall–Kier alpha value is -3.11. The van der Waals surface area contributed by atoms with E-state index in [9.17, 15) is 4.79 Å². The van der Waals surface area contributed by atoms with Crippen LogP contribution in [0.1, 0.15) is 22.5 Å². The molecule has 2 aromatic carbocycles. The molecule has 0 radical (unpaired) electrons. The highest BCUT2D eigenvalue weighted by atomic mass is 32.2. The molecule has 136 valence electrons. The molecular formula is C20H18N4O2S. The summed E-state index contributed by atoms with van der Waals surface area (Å²) in [7, 11) is 0. The number of aromatic nitrogens is 3. The normalized spacial score (nSPS) is 10.4. The van der Waals surface area contributed by atoms with Gasteiger partial charge in [0.25, 0.3) is 0 Å². The van der Waals surface area contributed by atoms with Crippen LogP contribution in [0, 0.1) is 18.3 Å². The third-order valence-corrected chi connectivity index (χ3v) is 4.83. The lowest BCUT2D eigenvalue weighted by Gasteiger charge is -2.08. The molecule has 0 atom stereocenters. The van der Waals surface area contributed by atoms with Crippen LogP contribution in [0.15, 0.2) is 59.8 Å². The van der Waals surface area contributed by atoms with E-state index < -0.39 is 0 Å². The summed E-state index contributed by atoms with van der Waals surface area (Å²) in [5, 5.41) is 17.8. The van der Waals surface area contributed by atoms with Gasteiger partial charge >= 0.3 is 5.97 Å². The van der Waals surface area contributed by atoms with E-state index >= 15 is 0 Å². The zero-order valence-electron chi connectivity index (χ0n) is 14.8. The van der Waals surface area contributed by atoms with Gasteiger partial charge in [0.05, 0.1) is 23.9 Å². The molecule has 0 aliphatic carbocycles. The molecule has 0 spiro atoms. The van der Waals surface area contributed by atoms with Crippen molar-refractivity contribution in [3.05, 3.63) is 77.1 Å². The van der Waals surface area contributed by atoms with Crippen molar-refractivity contribution < 1.29 is 9.53 Å². The molecule has 1 aromatic heterocycles. The SMILES string of the molecule is Cc1nnc(SCC(=O)OCc2ccc(C#N)cc2)n1Cc1ccccc1. The van der Waals surface area contributed by atoms with E-state index in [1.165, 1.54) is 11.8 Å². The van der Waals surface area contributed by atoms with E-state index in [1.807, 2.05) is 41.8 Å². The maximum Gasteiger partial charge on any atom is 0.316 e. The lowest BCUT2D eigenvalue weighted by atomic mass is 10.2. The molecule has 0 amide bonds. The Morgan fingerprint density at radius 1 is 1.11 bits per heavy atom. The van der Waals surface area contributed by atoms with Crippen LogP contribution in [-0.2, 0) is 22.7 Å². The summed E-state index contributed by atoms with van der Waals surface area (Å²) in [5.74, 6) is 0.631. The first-order valence-corrected chi connectivity index (χ1v) is 9.35. The second kappa shape index (κ2) is 9.01. The summed E-state index contributed by atoms with van der Waals surface area (Å²) >= 11 is 1.31. The Labute approximate surface area is 161 Å². The predicted molar refractivity (Wildman–Crippen MR) is 102 cm³/mol. The topological polar surface area (TPSA) is 80.8 Å². The van der Waals surface area contributed by atoms with E-state index in [1.54, 1.807) is 24.3 Å². The first kappa shape index (κ1) is 18.7. The summed E-state index contributed by atoms with van der Waals surface area (Å²) in [6, 6.07) is 19.0. The first-order chi connectivity index (χ1) is 13.2. The van der Waals surface area contributed by atoms with E-state index in [2.05, 4.69) is 16.3 Å². The Morgan fingerprint density at radius 3 is 2.56 bits per heavy atom. The Bertz CT molecular complexity index is 946. The van der Waals surface area contributed by atoms with Crippen LogP contribution in [0.25, 0.3) is 0 Å². The number of thioether (sulfide) groups is 1. The third-order valence-electron chi connectivity index (χ3n) is 3.89. The molecule has 0 fully saturated rings. The number of benzene rings is 2. The van der Waals surface area contributed by atoms with Crippen molar-refractivity contribution in [2.75, 3.05) is 5.75 Å². The van der Waals surface area contributed by atoms with Crippen LogP contribution in [-0.4, -0.2) is 26.5 Å². The highest BCUT2D eigenvalue weighted by Gasteiger charge is 2.13. The smallest absolute Gasteiger partial charge is 0.316 e. The molecule has 0 saturated carbocycles. The Morgan fingerprint density at radius 2 is 1.85 bits per heavy atom. The number of esters is 1. The summed E-state index contributed by atoms with van der Waals surface area (Å²) in [6.07, 6.45) is 0. The number of rotatable bonds is 7. The van der Waals surface area contributed by atoms with Gasteiger partial charge in [-0.2, -0.15) is 5.26 Å². The maximum atomic E-state index is 12.0. The monoisotopic (exact) mass is 378 g/mol. The second-order valence-corrected chi connectivity index (χ2v) is 6.80. The molecule has 3 rings (SSSR count). The fourth-order valence-corrected chi connectivity index (χ4v) is 3.20. The Kier molecular flexibility index (Phi) is 6.23. The minimum atomic E-state index is -0.323. The van der Waals surface area contributed by atoms with Crippen LogP contribution < -0.4 is 0 Å². The van der Waals surface area contributed by atoms with E-state index in [0.717, 1.165) is 17.0 Å². The zero-order valence-corrected chi connectivity index (χ0v) is 15.6. The second-order valence-electron chi connectivity index (χ2n) is 5.86. The molecule has 0 unspecified atom stereocenters. The lowest BCUT2D eigenvalue weighted by molar-refractivity contribution is -0.141. The molecule has 0 N–H and O–H groups in total. The number of nitriles is 1. The van der Waals surface area contributed by atoms with Crippen molar-refractivity contribution in [3.63, 3.8) is 0 Å². The molecule has 0 bridgehead atoms. The average molecular weight is 378 g/mol. The van der Waals surface area contributed by atoms with Crippen molar-refractivity contribution in [1.29, 1.82) is 5.26 Å². The number of carbonyl (C=O) groups excluding carboxylic acids is 1. The highest BCUT2D eigenvalue weighted by Crippen LogP contribution is 2.19. The number of ether oxygens (including phenoxy) is 1. The van der Waals surface area contributed by atoms with Crippen LogP contribution in [0.3, 0.4) is 0 Å². The van der Waals surface area contributed by atoms with E-state index in [-0.39, 0.29) is 18.3 Å². The highest BCUT2D eigenvalue weighted by molar-refractivity contribution is 7.99. The van der Waals surface area contributed by atoms with Crippen LogP contribution in [0.4, 0.5) is 0 Å². The van der Waals surface area contributed by atoms with Gasteiger partial charge in [-0.05, 0) is 30.2 Å². The predicted octanol–water partition coefficient (Wildman–Crippen LogP) is 3.34. The number of hydrogen-bond donors (Lipinski definition) is 0. The van der Waals surface area contributed by atoms with Crippen LogP contribution in [0.2, 0.25) is 0 Å². The molecule has 0 aliphatic rings. The number of hydrogen-bond acceptors (Lipinski definition) is 6. The maximum absolute atomic E-state index is 12.0. The molecule has 0 aliphatic heterocycles. The van der Waals surface area contributed by atoms with Crippen molar-refractivity contribution in [1.82, 2.24) is 14.8 Å². The number of nitrogens with zero attached hydrogens (tertiary/aromatic N) is 4. The van der Waals surface area contributed by atoms with Crippen molar-refractivity contribution in [2.45, 2.75) is 25.2 Å². The van der Waals surface area contributed by atoms with Crippen molar-refractivity contribution in [3.8, 4) is 6.07 Å². The summed E-state index contributed by atoms with van der Waals surface area (Å²) in [6.45, 7) is 2.73. The molecule has 6 nitrogen and oxygen atoms in total. The van der Waals surface area contributed by atoms with Crippen LogP contribution in [0.5, 0.6) is 0 Å². The van der Waals surface area contributed by atoms with Gasteiger partial charge < -0.3 is 9.30 Å². The van der Waals surface area contributed by atoms with Gasteiger partial charge in [-0.15, -0.1) is 10.2 Å². The first-order valence-electron chi connectivity index (χ1n) is 8.37. The fourth-order valence-electron chi connectivity index (χ4n) is 2.42. The quantitative estimate of drug-likeness (QED) is 0.463. The molecular weight excluding hydrogens is 360 g/mol. The van der Waals surface area contributed by atoms with E-state index in [0.29, 0.717) is 17.3 Å². The lowest BCUT2D eigenvalue weighted by Crippen LogP contribution is -2.09. The minimum Gasteiger partial charge on any atom is -0.460 e. The molecule has 1 heterocycles. The van der Waals surface area contributed by atoms with Gasteiger partial charge in [-0.1, -0.05) is 54.2 Å². The van der Waals surface area contributed by atoms with Gasteiger partial charge in [0.15, 0.2) is 5.16 Å². The van der Waals surface area contributed by atoms with Gasteiger partial charge in [0.1, 0.15) is 12.4 Å². The standard InChI is InChI=1S/C20H18N4O2S/c1-15-22-23-20(24(15)12-17-5-3-2-4-6-17)27-14-19(25)26-13-18-9-7-16(11-21)8-10-18/h2-10H,12-14H2,1H3. The van der Waals surface area contributed by atoms with Crippen molar-refractivity contribution in [2.24, 2.45) is 0 Å². The zero-order chi connectivity index (χ0) is 19.1. The van der Waals surface area contributed by atoms with Crippen molar-refractivity contribution >= 4 is 17.7 Å². The van der Waals surface area contributed by atoms with Gasteiger partial charge in [-0.25, -0.2) is 0 Å². The van der Waals surface area contributed by atoms with Crippen LogP contribution >= 0.6 is 11.8 Å². The minimum absolute atomic E-state index is 0.156. The molecule has 27 heavy (non-hydrogen) atoms. The molecule has 3 aromatic rings. The fraction of sp³-hybridized carbons (Fsp3) is 0.200. The summed E-state index contributed by atoms with van der Waals surface area (Å²) in [5.41, 5.74) is 2.56. The van der Waals surface area contributed by atoms with Gasteiger partial charge in [0.2, 0.25) is 0 Å². The third kappa shape index (κ3) is 5.19. The Balaban J connectivity index is 1.53. The summed E-state index contributed by atoms with van der Waals surface area (Å²) < 4.78 is 7.27. The number of carbonyl (C=O) groups is 1. The largest absolute Gasteiger partial charge is 0.460 e. The van der Waals surface area contributed by atoms with Gasteiger partial charge in [0, 0.05) is 0 Å². The van der Waals surface area contributed by atoms with Gasteiger partial charge in [-0.3, -0.25) is 4.79 Å². The van der Waals surface area contributed by atoms with E-state index in [4.69, 9.17) is 10.00 Å². The molecule has 7 heteroatoms.